The van der Waals surface area contributed by atoms with Gasteiger partial charge in [0.25, 0.3) is 0 Å². The first-order chi connectivity index (χ1) is 21.9. The molecule has 6 aliphatic rings. The predicted molar refractivity (Wildman–Crippen MR) is 184 cm³/mol. The summed E-state index contributed by atoms with van der Waals surface area (Å²) in [6, 6.07) is 0.703. The van der Waals surface area contributed by atoms with Crippen molar-refractivity contribution in [3.05, 3.63) is 12.7 Å². The fraction of sp³-hybridized carbons (Fsp3) is 0.900. The molecule has 0 spiro atoms. The second-order valence-electron chi connectivity index (χ2n) is 17.9. The zero-order chi connectivity index (χ0) is 32.9. The van der Waals surface area contributed by atoms with E-state index in [-0.39, 0.29) is 63.8 Å². The first kappa shape index (κ1) is 37.3. The highest BCUT2D eigenvalue weighted by atomic mass is 79.9. The number of ether oxygens (including phenoxy) is 2. The molecule has 6 rings (SSSR count). The molecule has 2 saturated heterocycles. The van der Waals surface area contributed by atoms with Crippen molar-refractivity contribution in [1.29, 1.82) is 0 Å². The number of likely N-dealkylation sites (tertiary alicyclic amines) is 2. The van der Waals surface area contributed by atoms with Gasteiger partial charge in [0.2, 0.25) is 0 Å². The number of fused-ring (bicyclic) bond motifs is 5. The molecule has 2 heterocycles. The van der Waals surface area contributed by atoms with Gasteiger partial charge in [-0.05, 0) is 119 Å². The van der Waals surface area contributed by atoms with Gasteiger partial charge in [-0.15, -0.1) is 0 Å². The van der Waals surface area contributed by atoms with Gasteiger partial charge >= 0.3 is 11.9 Å². The minimum absolute atomic E-state index is 0. The molecule has 0 unspecified atom stereocenters. The molecule has 0 radical (unpaired) electrons. The molecule has 7 heteroatoms. The molecule has 0 aromatic heterocycles. The fourth-order valence-corrected chi connectivity index (χ4v) is 12.3. The second-order valence-corrected chi connectivity index (χ2v) is 17.9. The maximum Gasteiger partial charge on any atom is 0.308 e. The van der Waals surface area contributed by atoms with Crippen LogP contribution in [0.4, 0.5) is 0 Å². The molecule has 0 bridgehead atoms. The van der Waals surface area contributed by atoms with Crippen LogP contribution < -0.4 is 17.0 Å². The standard InChI is InChI=1S/C40H67N2O4.BrH/c1-8-21-42(22-13-10-14-23-42)34-25-32-30-16-15-29-24-35(45-37(43)27(2)3)33(41-19-11-9-12-20-41)26-40(29,7)31(30)17-18-39(32,6)36(34)46-38(44)28(4)5;/h8,27-36H,1,9-26H2,2-7H3;1H/q+1;/p-1/t29-,30+,31-,32-,33-,34-,35-,36-,39-,40-;/m0./s1. The van der Waals surface area contributed by atoms with E-state index in [9.17, 15) is 9.59 Å². The largest absolute Gasteiger partial charge is 1.00 e. The highest BCUT2D eigenvalue weighted by Crippen LogP contribution is 2.68. The number of carbonyl (C=O) groups excluding carboxylic acids is 2. The van der Waals surface area contributed by atoms with Gasteiger partial charge in [-0.3, -0.25) is 14.5 Å². The van der Waals surface area contributed by atoms with E-state index in [2.05, 4.69) is 31.4 Å². The molecule has 10 atom stereocenters. The molecule has 4 saturated carbocycles. The van der Waals surface area contributed by atoms with Gasteiger partial charge in [0.1, 0.15) is 12.1 Å². The first-order valence-corrected chi connectivity index (χ1v) is 19.5. The van der Waals surface area contributed by atoms with Crippen LogP contribution in [0.25, 0.3) is 0 Å². The minimum Gasteiger partial charge on any atom is -1.00 e. The normalized spacial score (nSPS) is 41.6. The number of piperidine rings is 2. The van der Waals surface area contributed by atoms with E-state index < -0.39 is 0 Å². The Kier molecular flexibility index (Phi) is 11.7. The molecule has 0 N–H and O–H groups in total. The third-order valence-electron chi connectivity index (χ3n) is 14.8. The number of hydrogen-bond acceptors (Lipinski definition) is 5. The van der Waals surface area contributed by atoms with Crippen LogP contribution in [0.2, 0.25) is 0 Å². The number of carbonyl (C=O) groups is 2. The molecular weight excluding hydrogens is 652 g/mol. The molecule has 47 heavy (non-hydrogen) atoms. The lowest BCUT2D eigenvalue weighted by atomic mass is 9.44. The lowest BCUT2D eigenvalue weighted by Gasteiger charge is -2.62. The predicted octanol–water partition coefficient (Wildman–Crippen LogP) is 4.80. The number of hydrogen-bond donors (Lipinski definition) is 0. The van der Waals surface area contributed by atoms with Crippen LogP contribution in [0.5, 0.6) is 0 Å². The summed E-state index contributed by atoms with van der Waals surface area (Å²) in [6.07, 6.45) is 18.1. The third-order valence-corrected chi connectivity index (χ3v) is 14.8. The van der Waals surface area contributed by atoms with Crippen molar-refractivity contribution in [3.8, 4) is 0 Å². The van der Waals surface area contributed by atoms with Crippen LogP contribution in [0.1, 0.15) is 125 Å². The molecule has 0 aromatic carbocycles. The van der Waals surface area contributed by atoms with Crippen LogP contribution >= 0.6 is 0 Å². The summed E-state index contributed by atoms with van der Waals surface area (Å²) in [5.41, 5.74) is 0.285. The highest BCUT2D eigenvalue weighted by Gasteiger charge is 2.67. The van der Waals surface area contributed by atoms with Crippen molar-refractivity contribution in [2.75, 3.05) is 32.7 Å². The Labute approximate surface area is 297 Å². The first-order valence-electron chi connectivity index (χ1n) is 19.5. The quantitative estimate of drug-likeness (QED) is 0.205. The summed E-state index contributed by atoms with van der Waals surface area (Å²) in [5, 5.41) is 0. The van der Waals surface area contributed by atoms with Crippen molar-refractivity contribution in [2.24, 2.45) is 46.3 Å². The molecule has 2 aliphatic heterocycles. The van der Waals surface area contributed by atoms with Crippen molar-refractivity contribution in [1.82, 2.24) is 4.90 Å². The second kappa shape index (κ2) is 14.7. The summed E-state index contributed by atoms with van der Waals surface area (Å²) in [7, 11) is 0. The van der Waals surface area contributed by atoms with Crippen molar-refractivity contribution >= 4 is 11.9 Å². The van der Waals surface area contributed by atoms with Gasteiger partial charge in [-0.25, -0.2) is 0 Å². The van der Waals surface area contributed by atoms with Gasteiger partial charge in [-0.2, -0.15) is 0 Å². The fourth-order valence-electron chi connectivity index (χ4n) is 12.3. The Bertz CT molecular complexity index is 1120. The molecule has 4 aliphatic carbocycles. The number of halogens is 1. The van der Waals surface area contributed by atoms with Crippen LogP contribution in [0, 0.1) is 46.3 Å². The monoisotopic (exact) mass is 718 g/mol. The number of rotatable bonds is 8. The summed E-state index contributed by atoms with van der Waals surface area (Å²) < 4.78 is 14.2. The van der Waals surface area contributed by atoms with E-state index in [1.165, 1.54) is 77.3 Å². The number of nitrogens with zero attached hydrogens (tertiary/aromatic N) is 2. The maximum absolute atomic E-state index is 13.4. The Morgan fingerprint density at radius 2 is 1.49 bits per heavy atom. The molecule has 0 aromatic rings. The summed E-state index contributed by atoms with van der Waals surface area (Å²) in [5.74, 6) is 2.34. The van der Waals surface area contributed by atoms with E-state index in [1.54, 1.807) is 0 Å². The smallest absolute Gasteiger partial charge is 0.308 e. The van der Waals surface area contributed by atoms with Crippen LogP contribution in [-0.4, -0.2) is 78.3 Å². The van der Waals surface area contributed by atoms with E-state index in [1.807, 2.05) is 27.7 Å². The van der Waals surface area contributed by atoms with E-state index in [4.69, 9.17) is 9.47 Å². The Morgan fingerprint density at radius 1 is 0.851 bits per heavy atom. The van der Waals surface area contributed by atoms with Gasteiger partial charge in [0.05, 0.1) is 31.5 Å². The summed E-state index contributed by atoms with van der Waals surface area (Å²) >= 11 is 0. The molecule has 6 fully saturated rings. The lowest BCUT2D eigenvalue weighted by Crippen LogP contribution is -3.00. The Morgan fingerprint density at radius 3 is 2.13 bits per heavy atom. The van der Waals surface area contributed by atoms with Crippen LogP contribution in [0.3, 0.4) is 0 Å². The topological polar surface area (TPSA) is 55.8 Å². The van der Waals surface area contributed by atoms with Crippen molar-refractivity contribution < 1.29 is 40.5 Å². The maximum atomic E-state index is 13.4. The average molecular weight is 720 g/mol. The Hall–Kier alpha value is -0.920. The van der Waals surface area contributed by atoms with Crippen LogP contribution in [0.15, 0.2) is 12.7 Å². The average Bonchev–Trinajstić information content (AvgIpc) is 3.34. The molecule has 0 amide bonds. The third kappa shape index (κ3) is 6.78. The lowest BCUT2D eigenvalue weighted by molar-refractivity contribution is -0.952. The number of quaternary nitrogens is 1. The van der Waals surface area contributed by atoms with Gasteiger partial charge in [0, 0.05) is 17.9 Å². The van der Waals surface area contributed by atoms with E-state index in [0.29, 0.717) is 35.8 Å². The van der Waals surface area contributed by atoms with E-state index in [0.717, 1.165) is 43.4 Å². The minimum atomic E-state index is -0.102. The zero-order valence-electron chi connectivity index (χ0n) is 30.7. The summed E-state index contributed by atoms with van der Waals surface area (Å²) in [4.78, 5) is 29.1. The van der Waals surface area contributed by atoms with E-state index >= 15 is 0 Å². The molecular formula is C40H67BrN2O4. The van der Waals surface area contributed by atoms with Gasteiger partial charge in [-0.1, -0.05) is 54.5 Å². The summed E-state index contributed by atoms with van der Waals surface area (Å²) in [6.45, 7) is 23.0. The zero-order valence-corrected chi connectivity index (χ0v) is 32.3. The molecule has 268 valence electrons. The molecule has 6 nitrogen and oxygen atoms in total. The Balaban J connectivity index is 0.00000433. The van der Waals surface area contributed by atoms with Gasteiger partial charge < -0.3 is 30.9 Å². The van der Waals surface area contributed by atoms with Crippen molar-refractivity contribution in [3.63, 3.8) is 0 Å². The highest BCUT2D eigenvalue weighted by molar-refractivity contribution is 5.72. The SMILES string of the molecule is C=CC[N+]1([C@H]2C[C@H]3[C@@H]4CC[C@H]5C[C@H](OC(=O)C(C)C)[C@@H](N6CCCCC6)C[C@]5(C)[C@H]4CC[C@]3(C)[C@H]2OC(=O)C(C)C)CCCCC1.[Br-]. The van der Waals surface area contributed by atoms with Gasteiger partial charge in [0.15, 0.2) is 6.10 Å². The van der Waals surface area contributed by atoms with Crippen LogP contribution in [-0.2, 0) is 19.1 Å². The van der Waals surface area contributed by atoms with Crippen molar-refractivity contribution in [2.45, 2.75) is 149 Å². The number of esters is 2.